The molecule has 0 aliphatic rings. The fourth-order valence-corrected chi connectivity index (χ4v) is 0.982. The number of hydrogen-bond acceptors (Lipinski definition) is 1. The maximum Gasteiger partial charge on any atom is 0.0521 e. The number of aryl methyl sites for hydroxylation is 1. The van der Waals surface area contributed by atoms with Crippen LogP contribution < -0.4 is 0 Å². The zero-order valence-electron chi connectivity index (χ0n) is 5.56. The summed E-state index contributed by atoms with van der Waals surface area (Å²) >= 11 is 4.76. The van der Waals surface area contributed by atoms with E-state index in [1.54, 1.807) is 5.37 Å². The van der Waals surface area contributed by atoms with E-state index in [9.17, 15) is 0 Å². The van der Waals surface area contributed by atoms with Gasteiger partial charge >= 0.3 is 0 Å². The van der Waals surface area contributed by atoms with Gasteiger partial charge in [-0.1, -0.05) is 12.2 Å². The Balaban J connectivity index is 3.18. The van der Waals surface area contributed by atoms with Gasteiger partial charge in [0.1, 0.15) is 0 Å². The molecule has 0 saturated carbocycles. The van der Waals surface area contributed by atoms with Gasteiger partial charge in [-0.25, -0.2) is 0 Å². The van der Waals surface area contributed by atoms with E-state index < -0.39 is 0 Å². The van der Waals surface area contributed by atoms with Crippen molar-refractivity contribution in [3.05, 3.63) is 23.0 Å². The number of H-pyrrole nitrogens is 1. The monoisotopic (exact) mass is 139 g/mol. The van der Waals surface area contributed by atoms with Gasteiger partial charge in [-0.15, -0.1) is 0 Å². The lowest BCUT2D eigenvalue weighted by Gasteiger charge is -1.87. The van der Waals surface area contributed by atoms with E-state index in [1.165, 1.54) is 11.1 Å². The van der Waals surface area contributed by atoms with Gasteiger partial charge in [-0.3, -0.25) is 0 Å². The second-order valence-corrected chi connectivity index (χ2v) is 2.36. The largest absolute Gasteiger partial charge is 0.361 e. The number of hydrogen-bond donors (Lipinski definition) is 1. The molecule has 1 aromatic rings. The number of rotatable bonds is 1. The lowest BCUT2D eigenvalue weighted by Crippen LogP contribution is -1.80. The van der Waals surface area contributed by atoms with Crippen LogP contribution in [0.2, 0.25) is 0 Å². The molecule has 0 bridgehead atoms. The molecule has 1 rings (SSSR count). The van der Waals surface area contributed by atoms with E-state index in [0.717, 1.165) is 5.69 Å². The lowest BCUT2D eigenvalue weighted by molar-refractivity contribution is 1.36. The minimum atomic E-state index is 1.06. The third kappa shape index (κ3) is 1.03. The molecule has 0 amide bonds. The highest BCUT2D eigenvalue weighted by Crippen LogP contribution is 2.08. The van der Waals surface area contributed by atoms with E-state index in [0.29, 0.717) is 0 Å². The molecule has 0 aliphatic carbocycles. The molecule has 0 aromatic carbocycles. The molecule has 0 fully saturated rings. The lowest BCUT2D eigenvalue weighted by atomic mass is 10.2. The number of thiocarbonyl (C=S) groups is 1. The summed E-state index contributed by atoms with van der Waals surface area (Å²) < 4.78 is 0. The van der Waals surface area contributed by atoms with E-state index >= 15 is 0 Å². The van der Waals surface area contributed by atoms with Crippen molar-refractivity contribution in [2.75, 3.05) is 0 Å². The average Bonchev–Trinajstić information content (AvgIpc) is 2.15. The SMILES string of the molecule is Cc1c[nH]c(C=S)c1C. The Morgan fingerprint density at radius 1 is 1.56 bits per heavy atom. The summed E-state index contributed by atoms with van der Waals surface area (Å²) in [6.45, 7) is 4.12. The Kier molecular flexibility index (Phi) is 1.67. The fourth-order valence-electron chi connectivity index (χ4n) is 0.737. The Bertz CT molecular complexity index is 225. The van der Waals surface area contributed by atoms with Crippen LogP contribution in [0.25, 0.3) is 0 Å². The second kappa shape index (κ2) is 2.31. The number of aromatic nitrogens is 1. The summed E-state index contributed by atoms with van der Waals surface area (Å²) in [5.41, 5.74) is 3.58. The second-order valence-electron chi connectivity index (χ2n) is 2.13. The van der Waals surface area contributed by atoms with Gasteiger partial charge in [0.05, 0.1) is 5.69 Å². The summed E-state index contributed by atoms with van der Waals surface area (Å²) in [6.07, 6.45) is 1.97. The third-order valence-electron chi connectivity index (χ3n) is 1.56. The summed E-state index contributed by atoms with van der Waals surface area (Å²) in [7, 11) is 0. The van der Waals surface area contributed by atoms with Crippen LogP contribution in [-0.2, 0) is 0 Å². The van der Waals surface area contributed by atoms with Crippen molar-refractivity contribution in [2.45, 2.75) is 13.8 Å². The molecule has 0 spiro atoms. The highest BCUT2D eigenvalue weighted by Gasteiger charge is 1.97. The fraction of sp³-hybridized carbons (Fsp3) is 0.286. The van der Waals surface area contributed by atoms with Crippen LogP contribution in [0.5, 0.6) is 0 Å². The molecule has 1 N–H and O–H groups in total. The Morgan fingerprint density at radius 3 is 2.44 bits per heavy atom. The van der Waals surface area contributed by atoms with E-state index in [1.807, 2.05) is 6.20 Å². The van der Waals surface area contributed by atoms with Crippen LogP contribution in [0.4, 0.5) is 0 Å². The number of aromatic amines is 1. The molecule has 48 valence electrons. The summed E-state index contributed by atoms with van der Waals surface area (Å²) in [4.78, 5) is 3.06. The van der Waals surface area contributed by atoms with Crippen molar-refractivity contribution in [3.63, 3.8) is 0 Å². The summed E-state index contributed by atoms with van der Waals surface area (Å²) in [5.74, 6) is 0. The van der Waals surface area contributed by atoms with Gasteiger partial charge in [0.2, 0.25) is 0 Å². The Labute approximate surface area is 60.1 Å². The first-order valence-electron chi connectivity index (χ1n) is 2.85. The van der Waals surface area contributed by atoms with Crippen LogP contribution in [-0.4, -0.2) is 10.4 Å². The minimum absolute atomic E-state index is 1.06. The topological polar surface area (TPSA) is 15.8 Å². The van der Waals surface area contributed by atoms with E-state index in [4.69, 9.17) is 12.2 Å². The maximum atomic E-state index is 4.76. The predicted octanol–water partition coefficient (Wildman–Crippen LogP) is 1.98. The van der Waals surface area contributed by atoms with Crippen LogP contribution in [0.15, 0.2) is 6.20 Å². The highest BCUT2D eigenvalue weighted by atomic mass is 32.1. The summed E-state index contributed by atoms with van der Waals surface area (Å²) in [6, 6.07) is 0. The first-order chi connectivity index (χ1) is 4.25. The predicted molar refractivity (Wildman–Crippen MR) is 43.0 cm³/mol. The summed E-state index contributed by atoms with van der Waals surface area (Å²) in [5, 5.41) is 1.67. The molecular weight excluding hydrogens is 130 g/mol. The molecule has 1 heterocycles. The van der Waals surface area contributed by atoms with Gasteiger partial charge in [0.25, 0.3) is 0 Å². The van der Waals surface area contributed by atoms with Crippen LogP contribution in [0.1, 0.15) is 16.8 Å². The van der Waals surface area contributed by atoms with Crippen molar-refractivity contribution >= 4 is 17.6 Å². The quantitative estimate of drug-likeness (QED) is 0.588. The Hall–Kier alpha value is -0.630. The van der Waals surface area contributed by atoms with Crippen LogP contribution in [0.3, 0.4) is 0 Å². The molecule has 1 aromatic heterocycles. The zero-order chi connectivity index (χ0) is 6.85. The Morgan fingerprint density at radius 2 is 2.22 bits per heavy atom. The van der Waals surface area contributed by atoms with Crippen molar-refractivity contribution in [3.8, 4) is 0 Å². The van der Waals surface area contributed by atoms with Crippen molar-refractivity contribution < 1.29 is 0 Å². The molecule has 0 aliphatic heterocycles. The normalized spacial score (nSPS) is 9.56. The standard InChI is InChI=1S/C7H9NS/c1-5-3-8-7(4-9)6(5)2/h3-4,8H,1-2H3. The first-order valence-corrected chi connectivity index (χ1v) is 3.32. The molecule has 2 heteroatoms. The van der Waals surface area contributed by atoms with Gasteiger partial charge in [-0.05, 0) is 25.0 Å². The van der Waals surface area contributed by atoms with E-state index in [2.05, 4.69) is 18.8 Å². The van der Waals surface area contributed by atoms with Gasteiger partial charge in [0, 0.05) is 11.6 Å². The van der Waals surface area contributed by atoms with Crippen molar-refractivity contribution in [1.29, 1.82) is 0 Å². The zero-order valence-corrected chi connectivity index (χ0v) is 6.38. The van der Waals surface area contributed by atoms with Crippen LogP contribution in [0, 0.1) is 13.8 Å². The maximum absolute atomic E-state index is 4.76. The van der Waals surface area contributed by atoms with Crippen LogP contribution >= 0.6 is 12.2 Å². The highest BCUT2D eigenvalue weighted by molar-refractivity contribution is 7.79. The van der Waals surface area contributed by atoms with E-state index in [-0.39, 0.29) is 0 Å². The van der Waals surface area contributed by atoms with Gasteiger partial charge in [-0.2, -0.15) is 0 Å². The molecule has 0 unspecified atom stereocenters. The van der Waals surface area contributed by atoms with Crippen molar-refractivity contribution in [1.82, 2.24) is 4.98 Å². The molecular formula is C7H9NS. The molecule has 9 heavy (non-hydrogen) atoms. The molecule has 0 radical (unpaired) electrons. The van der Waals surface area contributed by atoms with Gasteiger partial charge in [0.15, 0.2) is 0 Å². The third-order valence-corrected chi connectivity index (χ3v) is 1.79. The molecule has 0 atom stereocenters. The van der Waals surface area contributed by atoms with Gasteiger partial charge < -0.3 is 4.98 Å². The molecule has 0 saturated heterocycles. The molecule has 1 nitrogen and oxygen atoms in total. The smallest absolute Gasteiger partial charge is 0.0521 e. The minimum Gasteiger partial charge on any atom is -0.361 e. The van der Waals surface area contributed by atoms with Crippen molar-refractivity contribution in [2.24, 2.45) is 0 Å². The first kappa shape index (κ1) is 6.49. The number of nitrogens with one attached hydrogen (secondary N) is 1. The average molecular weight is 139 g/mol.